The SMILES string of the molecule is Cn1cnc(CNC(=O)c2n[nH]c3ccccc23)n1. The van der Waals surface area contributed by atoms with E-state index in [2.05, 4.69) is 25.6 Å². The van der Waals surface area contributed by atoms with Crippen molar-refractivity contribution in [1.29, 1.82) is 0 Å². The maximum absolute atomic E-state index is 12.0. The molecular formula is C12H12N6O. The zero-order valence-corrected chi connectivity index (χ0v) is 10.3. The van der Waals surface area contributed by atoms with Crippen LogP contribution in [0.5, 0.6) is 0 Å². The lowest BCUT2D eigenvalue weighted by atomic mass is 10.2. The Morgan fingerprint density at radius 1 is 1.42 bits per heavy atom. The number of carbonyl (C=O) groups excluding carboxylic acids is 1. The van der Waals surface area contributed by atoms with Crippen LogP contribution < -0.4 is 5.32 Å². The molecule has 0 saturated carbocycles. The highest BCUT2D eigenvalue weighted by Crippen LogP contribution is 2.14. The molecule has 1 amide bonds. The van der Waals surface area contributed by atoms with Crippen LogP contribution in [0.3, 0.4) is 0 Å². The molecule has 7 nitrogen and oxygen atoms in total. The second-order valence-corrected chi connectivity index (χ2v) is 4.13. The highest BCUT2D eigenvalue weighted by atomic mass is 16.1. The Kier molecular flexibility index (Phi) is 2.71. The van der Waals surface area contributed by atoms with Crippen LogP contribution in [0.2, 0.25) is 0 Å². The van der Waals surface area contributed by atoms with E-state index in [1.54, 1.807) is 18.1 Å². The molecule has 0 saturated heterocycles. The van der Waals surface area contributed by atoms with Gasteiger partial charge in [-0.15, -0.1) is 0 Å². The van der Waals surface area contributed by atoms with Gasteiger partial charge in [-0.2, -0.15) is 10.2 Å². The summed E-state index contributed by atoms with van der Waals surface area (Å²) < 4.78 is 1.59. The molecule has 0 aliphatic heterocycles. The van der Waals surface area contributed by atoms with E-state index in [4.69, 9.17) is 0 Å². The third-order valence-corrected chi connectivity index (χ3v) is 2.74. The van der Waals surface area contributed by atoms with E-state index in [-0.39, 0.29) is 12.5 Å². The molecule has 0 bridgehead atoms. The Hall–Kier alpha value is -2.70. The summed E-state index contributed by atoms with van der Waals surface area (Å²) >= 11 is 0. The topological polar surface area (TPSA) is 88.5 Å². The number of rotatable bonds is 3. The van der Waals surface area contributed by atoms with Crippen LogP contribution in [-0.2, 0) is 13.6 Å². The average molecular weight is 256 g/mol. The molecule has 0 aliphatic carbocycles. The van der Waals surface area contributed by atoms with E-state index in [0.717, 1.165) is 10.9 Å². The molecule has 1 aromatic carbocycles. The second kappa shape index (κ2) is 4.52. The van der Waals surface area contributed by atoms with Crippen molar-refractivity contribution < 1.29 is 4.79 Å². The van der Waals surface area contributed by atoms with E-state index >= 15 is 0 Å². The van der Waals surface area contributed by atoms with Crippen molar-refractivity contribution in [3.05, 3.63) is 42.1 Å². The second-order valence-electron chi connectivity index (χ2n) is 4.13. The fourth-order valence-corrected chi connectivity index (χ4v) is 1.84. The monoisotopic (exact) mass is 256 g/mol. The van der Waals surface area contributed by atoms with Crippen LogP contribution in [0.4, 0.5) is 0 Å². The van der Waals surface area contributed by atoms with Crippen molar-refractivity contribution in [2.75, 3.05) is 0 Å². The van der Waals surface area contributed by atoms with E-state index in [1.165, 1.54) is 0 Å². The molecule has 19 heavy (non-hydrogen) atoms. The molecule has 2 heterocycles. The van der Waals surface area contributed by atoms with Gasteiger partial charge in [-0.05, 0) is 6.07 Å². The van der Waals surface area contributed by atoms with Gasteiger partial charge in [0, 0.05) is 12.4 Å². The molecule has 3 aromatic rings. The van der Waals surface area contributed by atoms with Crippen molar-refractivity contribution in [2.24, 2.45) is 7.05 Å². The first-order valence-corrected chi connectivity index (χ1v) is 5.80. The van der Waals surface area contributed by atoms with E-state index < -0.39 is 0 Å². The van der Waals surface area contributed by atoms with Crippen molar-refractivity contribution in [3.63, 3.8) is 0 Å². The number of H-pyrrole nitrogens is 1. The van der Waals surface area contributed by atoms with E-state index in [9.17, 15) is 4.79 Å². The number of aryl methyl sites for hydroxylation is 1. The lowest BCUT2D eigenvalue weighted by Crippen LogP contribution is -2.24. The third kappa shape index (κ3) is 2.17. The number of nitrogens with zero attached hydrogens (tertiary/aromatic N) is 4. The first-order chi connectivity index (χ1) is 9.24. The number of nitrogens with one attached hydrogen (secondary N) is 2. The normalized spacial score (nSPS) is 10.8. The van der Waals surface area contributed by atoms with Gasteiger partial charge in [0.25, 0.3) is 5.91 Å². The van der Waals surface area contributed by atoms with E-state index in [0.29, 0.717) is 11.5 Å². The highest BCUT2D eigenvalue weighted by Gasteiger charge is 2.13. The third-order valence-electron chi connectivity index (χ3n) is 2.74. The number of benzene rings is 1. The standard InChI is InChI=1S/C12H12N6O/c1-18-7-14-10(17-18)6-13-12(19)11-8-4-2-3-5-9(8)15-16-11/h2-5,7H,6H2,1H3,(H,13,19)(H,15,16). The lowest BCUT2D eigenvalue weighted by molar-refractivity contribution is 0.0946. The quantitative estimate of drug-likeness (QED) is 0.719. The van der Waals surface area contributed by atoms with Gasteiger partial charge in [0.1, 0.15) is 6.33 Å². The van der Waals surface area contributed by atoms with Gasteiger partial charge in [0.15, 0.2) is 11.5 Å². The van der Waals surface area contributed by atoms with Gasteiger partial charge in [-0.25, -0.2) is 4.98 Å². The number of hydrogen-bond donors (Lipinski definition) is 2. The molecule has 0 radical (unpaired) electrons. The molecule has 0 atom stereocenters. The molecule has 0 spiro atoms. The largest absolute Gasteiger partial charge is 0.343 e. The molecule has 2 N–H and O–H groups in total. The number of carbonyl (C=O) groups is 1. The maximum atomic E-state index is 12.0. The number of fused-ring (bicyclic) bond motifs is 1. The Morgan fingerprint density at radius 2 is 2.26 bits per heavy atom. The summed E-state index contributed by atoms with van der Waals surface area (Å²) in [6.45, 7) is 0.279. The molecule has 3 rings (SSSR count). The molecule has 2 aromatic heterocycles. The highest BCUT2D eigenvalue weighted by molar-refractivity contribution is 6.04. The first kappa shape index (κ1) is 11.4. The van der Waals surface area contributed by atoms with Gasteiger partial charge in [-0.3, -0.25) is 14.6 Å². The van der Waals surface area contributed by atoms with Crippen LogP contribution in [0.1, 0.15) is 16.3 Å². The van der Waals surface area contributed by atoms with Crippen LogP contribution in [0.25, 0.3) is 10.9 Å². The molecular weight excluding hydrogens is 244 g/mol. The van der Waals surface area contributed by atoms with Crippen LogP contribution in [0.15, 0.2) is 30.6 Å². The van der Waals surface area contributed by atoms with Crippen molar-refractivity contribution in [1.82, 2.24) is 30.3 Å². The molecule has 0 unspecified atom stereocenters. The minimum absolute atomic E-state index is 0.245. The molecule has 96 valence electrons. The summed E-state index contributed by atoms with van der Waals surface area (Å²) in [4.78, 5) is 16.1. The Labute approximate surface area is 108 Å². The van der Waals surface area contributed by atoms with Crippen molar-refractivity contribution in [3.8, 4) is 0 Å². The molecule has 0 fully saturated rings. The van der Waals surface area contributed by atoms with Gasteiger partial charge in [0.05, 0.1) is 12.1 Å². The van der Waals surface area contributed by atoms with Crippen LogP contribution in [-0.4, -0.2) is 30.9 Å². The summed E-state index contributed by atoms with van der Waals surface area (Å²) in [6, 6.07) is 7.49. The summed E-state index contributed by atoms with van der Waals surface area (Å²) in [7, 11) is 1.78. The average Bonchev–Trinajstić information content (AvgIpc) is 3.02. The number of aromatic amines is 1. The smallest absolute Gasteiger partial charge is 0.272 e. The lowest BCUT2D eigenvalue weighted by Gasteiger charge is -1.99. The zero-order chi connectivity index (χ0) is 13.2. The van der Waals surface area contributed by atoms with Gasteiger partial charge >= 0.3 is 0 Å². The minimum atomic E-state index is -0.245. The van der Waals surface area contributed by atoms with Gasteiger partial charge in [-0.1, -0.05) is 18.2 Å². The number of hydrogen-bond acceptors (Lipinski definition) is 4. The fourth-order valence-electron chi connectivity index (χ4n) is 1.84. The van der Waals surface area contributed by atoms with Gasteiger partial charge < -0.3 is 5.32 Å². The van der Waals surface area contributed by atoms with Crippen LogP contribution >= 0.6 is 0 Å². The number of amides is 1. The predicted molar refractivity (Wildman–Crippen MR) is 68.3 cm³/mol. The summed E-state index contributed by atoms with van der Waals surface area (Å²) in [5.74, 6) is 0.320. The van der Waals surface area contributed by atoms with Crippen molar-refractivity contribution >= 4 is 16.8 Å². The number of para-hydroxylation sites is 1. The maximum Gasteiger partial charge on any atom is 0.272 e. The Balaban J connectivity index is 1.77. The molecule has 0 aliphatic rings. The number of aromatic nitrogens is 5. The predicted octanol–water partition coefficient (Wildman–Crippen LogP) is 0.621. The summed E-state index contributed by atoms with van der Waals surface area (Å²) in [5, 5.41) is 14.5. The summed E-state index contributed by atoms with van der Waals surface area (Å²) in [6.07, 6.45) is 1.59. The summed E-state index contributed by atoms with van der Waals surface area (Å²) in [5.41, 5.74) is 1.22. The Morgan fingerprint density at radius 3 is 3.05 bits per heavy atom. The zero-order valence-electron chi connectivity index (χ0n) is 10.3. The van der Waals surface area contributed by atoms with Crippen LogP contribution in [0, 0.1) is 0 Å². The fraction of sp³-hybridized carbons (Fsp3) is 0.167. The Bertz CT molecular complexity index is 728. The van der Waals surface area contributed by atoms with Gasteiger partial charge in [0.2, 0.25) is 0 Å². The minimum Gasteiger partial charge on any atom is -0.343 e. The molecule has 7 heteroatoms. The van der Waals surface area contributed by atoms with E-state index in [1.807, 2.05) is 24.3 Å². The van der Waals surface area contributed by atoms with Crippen molar-refractivity contribution in [2.45, 2.75) is 6.54 Å². The first-order valence-electron chi connectivity index (χ1n) is 5.80.